The number of nitrogens with zero attached hydrogens (tertiary/aromatic N) is 4. The third-order valence-electron chi connectivity index (χ3n) is 4.86. The molecule has 0 unspecified atom stereocenters. The molecule has 0 radical (unpaired) electrons. The van der Waals surface area contributed by atoms with Crippen LogP contribution in [-0.4, -0.2) is 50.7 Å². The number of rotatable bonds is 5. The first kappa shape index (κ1) is 17.6. The average molecular weight is 372 g/mol. The van der Waals surface area contributed by atoms with Crippen LogP contribution in [0.4, 0.5) is 10.2 Å². The molecule has 1 fully saturated rings. The number of H-pyrrole nitrogens is 1. The highest BCUT2D eigenvalue weighted by Gasteiger charge is 2.23. The van der Waals surface area contributed by atoms with Crippen LogP contribution in [0.15, 0.2) is 22.8 Å². The number of likely N-dealkylation sites (tertiary alicyclic amines) is 1. The molecule has 1 amide bonds. The molecule has 4 rings (SSSR count). The van der Waals surface area contributed by atoms with Gasteiger partial charge in [0.2, 0.25) is 5.91 Å². The van der Waals surface area contributed by atoms with Gasteiger partial charge in [0.05, 0.1) is 17.6 Å². The van der Waals surface area contributed by atoms with Crippen molar-refractivity contribution < 1.29 is 13.8 Å². The number of hydrogen-bond acceptors (Lipinski definition) is 6. The van der Waals surface area contributed by atoms with Crippen LogP contribution in [0.3, 0.4) is 0 Å². The lowest BCUT2D eigenvalue weighted by Crippen LogP contribution is -2.41. The Morgan fingerprint density at radius 2 is 2.33 bits per heavy atom. The molecule has 1 aliphatic rings. The maximum Gasteiger partial charge on any atom is 0.239 e. The van der Waals surface area contributed by atoms with E-state index in [1.807, 2.05) is 0 Å². The second kappa shape index (κ2) is 7.43. The molecule has 1 atom stereocenters. The quantitative estimate of drug-likeness (QED) is 0.713. The van der Waals surface area contributed by atoms with Gasteiger partial charge in [-0.15, -0.1) is 0 Å². The first-order chi connectivity index (χ1) is 13.1. The summed E-state index contributed by atoms with van der Waals surface area (Å²) in [5, 5.41) is 10.0. The van der Waals surface area contributed by atoms with Crippen molar-refractivity contribution in [3.8, 4) is 0 Å². The van der Waals surface area contributed by atoms with Crippen LogP contribution in [-0.2, 0) is 11.2 Å². The zero-order valence-electron chi connectivity index (χ0n) is 15.0. The number of halogens is 1. The van der Waals surface area contributed by atoms with Gasteiger partial charge in [-0.3, -0.25) is 9.69 Å². The number of benzene rings is 1. The van der Waals surface area contributed by atoms with Crippen molar-refractivity contribution in [2.45, 2.75) is 26.2 Å². The zero-order valence-corrected chi connectivity index (χ0v) is 15.0. The summed E-state index contributed by atoms with van der Waals surface area (Å²) in [6.45, 7) is 3.72. The van der Waals surface area contributed by atoms with Crippen molar-refractivity contribution in [1.29, 1.82) is 0 Å². The predicted octanol–water partition coefficient (Wildman–Crippen LogP) is 2.29. The number of carbonyl (C=O) groups is 1. The number of aromatic amines is 1. The smallest absolute Gasteiger partial charge is 0.239 e. The fourth-order valence-electron chi connectivity index (χ4n) is 3.59. The summed E-state index contributed by atoms with van der Waals surface area (Å²) in [6, 6.07) is 4.56. The molecule has 1 aromatic carbocycles. The number of carbonyl (C=O) groups excluding carboxylic acids is 1. The molecular formula is C18H21FN6O2. The summed E-state index contributed by atoms with van der Waals surface area (Å²) in [5.74, 6) is 1.21. The van der Waals surface area contributed by atoms with Crippen LogP contribution in [0.5, 0.6) is 0 Å². The van der Waals surface area contributed by atoms with E-state index >= 15 is 0 Å². The largest absolute Gasteiger partial charge is 0.342 e. The van der Waals surface area contributed by atoms with Gasteiger partial charge in [-0.1, -0.05) is 5.16 Å². The third kappa shape index (κ3) is 4.13. The maximum absolute atomic E-state index is 13.3. The van der Waals surface area contributed by atoms with E-state index < -0.39 is 0 Å². The van der Waals surface area contributed by atoms with Gasteiger partial charge >= 0.3 is 0 Å². The second-order valence-corrected chi connectivity index (χ2v) is 7.04. The number of imidazole rings is 1. The number of aryl methyl sites for hydroxylation is 1. The standard InChI is InChI=1S/C18H21FN6O2/c1-11-18(24-27-23-11)22-17(26)10-25-6-2-3-12(9-25)7-16-20-14-5-4-13(19)8-15(14)21-16/h4-5,8,12H,2-3,6-7,9-10H2,1H3,(H,20,21)(H,22,24,26)/t12-/m1/s1. The molecule has 2 N–H and O–H groups in total. The van der Waals surface area contributed by atoms with Crippen molar-refractivity contribution in [3.05, 3.63) is 35.5 Å². The Bertz CT molecular complexity index is 952. The average Bonchev–Trinajstić information content (AvgIpc) is 3.20. The zero-order chi connectivity index (χ0) is 18.8. The van der Waals surface area contributed by atoms with E-state index in [2.05, 4.69) is 35.1 Å². The fraction of sp³-hybridized carbons (Fsp3) is 0.444. The molecule has 0 bridgehead atoms. The van der Waals surface area contributed by atoms with Crippen LogP contribution >= 0.6 is 0 Å². The SMILES string of the molecule is Cc1nonc1NC(=O)CN1CCC[C@H](Cc2nc3ccc(F)cc3[nH]2)C1. The normalized spacial score (nSPS) is 18.1. The molecule has 142 valence electrons. The van der Waals surface area contributed by atoms with Crippen molar-refractivity contribution in [2.75, 3.05) is 25.0 Å². The van der Waals surface area contributed by atoms with E-state index in [0.717, 1.165) is 43.7 Å². The van der Waals surface area contributed by atoms with Crippen molar-refractivity contribution in [2.24, 2.45) is 5.92 Å². The molecule has 8 nitrogen and oxygen atoms in total. The van der Waals surface area contributed by atoms with E-state index in [1.165, 1.54) is 12.1 Å². The highest BCUT2D eigenvalue weighted by molar-refractivity contribution is 5.91. The van der Waals surface area contributed by atoms with E-state index in [9.17, 15) is 9.18 Å². The van der Waals surface area contributed by atoms with Gasteiger partial charge < -0.3 is 10.3 Å². The van der Waals surface area contributed by atoms with Gasteiger partial charge in [0.15, 0.2) is 5.82 Å². The molecule has 3 aromatic rings. The number of nitrogens with one attached hydrogen (secondary N) is 2. The summed E-state index contributed by atoms with van der Waals surface area (Å²) >= 11 is 0. The van der Waals surface area contributed by atoms with E-state index in [4.69, 9.17) is 0 Å². The van der Waals surface area contributed by atoms with Gasteiger partial charge in [-0.25, -0.2) is 14.0 Å². The number of amides is 1. The Kier molecular flexibility index (Phi) is 4.85. The lowest BCUT2D eigenvalue weighted by Gasteiger charge is -2.31. The Morgan fingerprint density at radius 3 is 3.15 bits per heavy atom. The fourth-order valence-corrected chi connectivity index (χ4v) is 3.59. The lowest BCUT2D eigenvalue weighted by molar-refractivity contribution is -0.117. The number of anilines is 1. The topological polar surface area (TPSA) is 99.9 Å². The Hall–Kier alpha value is -2.81. The molecule has 27 heavy (non-hydrogen) atoms. The predicted molar refractivity (Wildman–Crippen MR) is 96.6 cm³/mol. The van der Waals surface area contributed by atoms with E-state index in [1.54, 1.807) is 13.0 Å². The third-order valence-corrected chi connectivity index (χ3v) is 4.86. The summed E-state index contributed by atoms with van der Waals surface area (Å²) in [6.07, 6.45) is 2.88. The van der Waals surface area contributed by atoms with Crippen LogP contribution < -0.4 is 5.32 Å². The highest BCUT2D eigenvalue weighted by Crippen LogP contribution is 2.22. The Morgan fingerprint density at radius 1 is 1.44 bits per heavy atom. The number of hydrogen-bond donors (Lipinski definition) is 2. The monoisotopic (exact) mass is 372 g/mol. The summed E-state index contributed by atoms with van der Waals surface area (Å²) in [4.78, 5) is 22.1. The minimum Gasteiger partial charge on any atom is -0.342 e. The van der Waals surface area contributed by atoms with E-state index in [0.29, 0.717) is 29.5 Å². The van der Waals surface area contributed by atoms with Crippen LogP contribution in [0.1, 0.15) is 24.4 Å². The first-order valence-corrected chi connectivity index (χ1v) is 9.02. The van der Waals surface area contributed by atoms with Gasteiger partial charge in [0.25, 0.3) is 0 Å². The number of fused-ring (bicyclic) bond motifs is 1. The molecule has 0 spiro atoms. The van der Waals surface area contributed by atoms with Crippen molar-refractivity contribution >= 4 is 22.8 Å². The van der Waals surface area contributed by atoms with Crippen LogP contribution in [0.2, 0.25) is 0 Å². The maximum atomic E-state index is 13.3. The van der Waals surface area contributed by atoms with Crippen LogP contribution in [0, 0.1) is 18.7 Å². The number of piperidine rings is 1. The summed E-state index contributed by atoms with van der Waals surface area (Å²) in [5.41, 5.74) is 2.05. The molecule has 3 heterocycles. The van der Waals surface area contributed by atoms with Crippen molar-refractivity contribution in [1.82, 2.24) is 25.2 Å². The Labute approximate surface area is 155 Å². The van der Waals surface area contributed by atoms with Crippen molar-refractivity contribution in [3.63, 3.8) is 0 Å². The van der Waals surface area contributed by atoms with Crippen LogP contribution in [0.25, 0.3) is 11.0 Å². The van der Waals surface area contributed by atoms with Gasteiger partial charge in [-0.2, -0.15) is 0 Å². The molecular weight excluding hydrogens is 351 g/mol. The van der Waals surface area contributed by atoms with Gasteiger partial charge in [-0.05, 0) is 55.6 Å². The molecule has 0 saturated carbocycles. The lowest BCUT2D eigenvalue weighted by atomic mass is 9.94. The minimum atomic E-state index is -0.273. The number of aromatic nitrogens is 4. The van der Waals surface area contributed by atoms with E-state index in [-0.39, 0.29) is 11.7 Å². The Balaban J connectivity index is 1.34. The molecule has 2 aromatic heterocycles. The summed E-state index contributed by atoms with van der Waals surface area (Å²) in [7, 11) is 0. The molecule has 0 aliphatic carbocycles. The molecule has 1 aliphatic heterocycles. The summed E-state index contributed by atoms with van der Waals surface area (Å²) < 4.78 is 17.9. The van der Waals surface area contributed by atoms with Gasteiger partial charge in [0, 0.05) is 13.0 Å². The minimum absolute atomic E-state index is 0.131. The molecule has 9 heteroatoms. The molecule has 1 saturated heterocycles. The van der Waals surface area contributed by atoms with Gasteiger partial charge in [0.1, 0.15) is 17.3 Å². The first-order valence-electron chi connectivity index (χ1n) is 9.02. The highest BCUT2D eigenvalue weighted by atomic mass is 19.1. The second-order valence-electron chi connectivity index (χ2n) is 7.04.